The number of rotatable bonds is 7. The van der Waals surface area contributed by atoms with E-state index in [9.17, 15) is 4.79 Å². The van der Waals surface area contributed by atoms with Crippen molar-refractivity contribution in [3.05, 3.63) is 47.4 Å². The Morgan fingerprint density at radius 3 is 2.52 bits per heavy atom. The van der Waals surface area contributed by atoms with Gasteiger partial charge >= 0.3 is 5.97 Å². The van der Waals surface area contributed by atoms with Crippen LogP contribution in [0.5, 0.6) is 11.5 Å². The number of hydrogen-bond donors (Lipinski definition) is 1. The van der Waals surface area contributed by atoms with Gasteiger partial charge in [0.05, 0.1) is 27.9 Å². The van der Waals surface area contributed by atoms with Crippen LogP contribution in [0, 0.1) is 0 Å². The number of methoxy groups -OCH3 is 3. The lowest BCUT2D eigenvalue weighted by Gasteiger charge is -2.16. The van der Waals surface area contributed by atoms with Gasteiger partial charge in [-0.05, 0) is 36.8 Å². The van der Waals surface area contributed by atoms with E-state index in [2.05, 4.69) is 10.1 Å². The second-order valence-corrected chi connectivity index (χ2v) is 4.97. The number of carbonyl (C=O) groups excluding carboxylic acids is 1. The zero-order valence-electron chi connectivity index (χ0n) is 13.7. The maximum absolute atomic E-state index is 11.4. The summed E-state index contributed by atoms with van der Waals surface area (Å²) >= 11 is 0. The Kier molecular flexibility index (Phi) is 5.65. The summed E-state index contributed by atoms with van der Waals surface area (Å²) in [6.07, 6.45) is 0. The summed E-state index contributed by atoms with van der Waals surface area (Å²) in [7, 11) is 4.54. The topological polar surface area (TPSA) is 69.9 Å². The summed E-state index contributed by atoms with van der Waals surface area (Å²) in [5.74, 6) is 1.76. The van der Waals surface area contributed by atoms with Crippen molar-refractivity contribution in [2.24, 2.45) is 0 Å². The van der Waals surface area contributed by atoms with Gasteiger partial charge < -0.3 is 23.9 Å². The summed E-state index contributed by atoms with van der Waals surface area (Å²) in [6.45, 7) is 2.53. The molecule has 1 aromatic heterocycles. The summed E-state index contributed by atoms with van der Waals surface area (Å²) in [6, 6.07) is 9.19. The van der Waals surface area contributed by atoms with Crippen molar-refractivity contribution in [2.75, 3.05) is 21.3 Å². The van der Waals surface area contributed by atoms with Crippen LogP contribution in [-0.2, 0) is 11.3 Å². The SMILES string of the molecule is COC(=O)c1ccc(CNC(C)c2ccc(OC)c(OC)c2)o1. The van der Waals surface area contributed by atoms with Crippen LogP contribution in [0.1, 0.15) is 34.8 Å². The van der Waals surface area contributed by atoms with E-state index in [1.165, 1.54) is 7.11 Å². The molecule has 0 aliphatic heterocycles. The molecule has 1 N–H and O–H groups in total. The summed E-state index contributed by atoms with van der Waals surface area (Å²) in [5, 5.41) is 3.33. The Balaban J connectivity index is 2.00. The molecule has 1 aromatic carbocycles. The van der Waals surface area contributed by atoms with Crippen LogP contribution >= 0.6 is 0 Å². The summed E-state index contributed by atoms with van der Waals surface area (Å²) in [4.78, 5) is 11.4. The minimum Gasteiger partial charge on any atom is -0.493 e. The zero-order valence-corrected chi connectivity index (χ0v) is 13.7. The number of esters is 1. The van der Waals surface area contributed by atoms with E-state index in [1.54, 1.807) is 26.4 Å². The fourth-order valence-corrected chi connectivity index (χ4v) is 2.18. The van der Waals surface area contributed by atoms with E-state index >= 15 is 0 Å². The lowest BCUT2D eigenvalue weighted by Crippen LogP contribution is -2.17. The Bertz CT molecular complexity index is 665. The maximum Gasteiger partial charge on any atom is 0.373 e. The minimum absolute atomic E-state index is 0.0708. The molecular formula is C17H21NO5. The molecule has 1 heterocycles. The average Bonchev–Trinajstić information content (AvgIpc) is 3.07. The van der Waals surface area contributed by atoms with Crippen molar-refractivity contribution in [3.63, 3.8) is 0 Å². The van der Waals surface area contributed by atoms with Gasteiger partial charge in [-0.15, -0.1) is 0 Å². The molecule has 124 valence electrons. The van der Waals surface area contributed by atoms with Crippen LogP contribution in [0.2, 0.25) is 0 Å². The van der Waals surface area contributed by atoms with E-state index in [-0.39, 0.29) is 11.8 Å². The number of carbonyl (C=O) groups is 1. The molecule has 1 unspecified atom stereocenters. The normalized spacial score (nSPS) is 11.8. The van der Waals surface area contributed by atoms with Crippen molar-refractivity contribution in [2.45, 2.75) is 19.5 Å². The van der Waals surface area contributed by atoms with E-state index < -0.39 is 5.97 Å². The lowest BCUT2D eigenvalue weighted by atomic mass is 10.1. The standard InChI is InChI=1S/C17H21NO5/c1-11(12-5-7-14(20-2)16(9-12)21-3)18-10-13-6-8-15(23-13)17(19)22-4/h5-9,11,18H,10H2,1-4H3. The van der Waals surface area contributed by atoms with Gasteiger partial charge in [0.2, 0.25) is 5.76 Å². The molecule has 0 bridgehead atoms. The number of hydrogen-bond acceptors (Lipinski definition) is 6. The van der Waals surface area contributed by atoms with Gasteiger partial charge in [0, 0.05) is 6.04 Å². The van der Waals surface area contributed by atoms with Crippen LogP contribution in [0.3, 0.4) is 0 Å². The largest absolute Gasteiger partial charge is 0.493 e. The fourth-order valence-electron chi connectivity index (χ4n) is 2.18. The minimum atomic E-state index is -0.482. The molecule has 6 heteroatoms. The molecular weight excluding hydrogens is 298 g/mol. The van der Waals surface area contributed by atoms with Gasteiger partial charge in [0.15, 0.2) is 11.5 Å². The van der Waals surface area contributed by atoms with Crippen molar-refractivity contribution < 1.29 is 23.4 Å². The van der Waals surface area contributed by atoms with Crippen LogP contribution < -0.4 is 14.8 Å². The van der Waals surface area contributed by atoms with Crippen molar-refractivity contribution in [1.82, 2.24) is 5.32 Å². The third kappa shape index (κ3) is 4.04. The van der Waals surface area contributed by atoms with Crippen LogP contribution in [0.4, 0.5) is 0 Å². The number of benzene rings is 1. The van der Waals surface area contributed by atoms with Gasteiger partial charge in [-0.3, -0.25) is 0 Å². The zero-order chi connectivity index (χ0) is 16.8. The molecule has 23 heavy (non-hydrogen) atoms. The maximum atomic E-state index is 11.4. The first-order chi connectivity index (χ1) is 11.1. The lowest BCUT2D eigenvalue weighted by molar-refractivity contribution is 0.0563. The Labute approximate surface area is 135 Å². The molecule has 0 spiro atoms. The predicted octanol–water partition coefficient (Wildman–Crippen LogP) is 2.93. The molecule has 1 atom stereocenters. The van der Waals surface area contributed by atoms with Gasteiger partial charge in [-0.2, -0.15) is 0 Å². The van der Waals surface area contributed by atoms with Crippen LogP contribution in [-0.4, -0.2) is 27.3 Å². The van der Waals surface area contributed by atoms with Crippen molar-refractivity contribution in [3.8, 4) is 11.5 Å². The average molecular weight is 319 g/mol. The van der Waals surface area contributed by atoms with Crippen molar-refractivity contribution in [1.29, 1.82) is 0 Å². The van der Waals surface area contributed by atoms with Crippen LogP contribution in [0.15, 0.2) is 34.7 Å². The molecule has 2 rings (SSSR count). The molecule has 0 saturated heterocycles. The molecule has 0 amide bonds. The van der Waals surface area contributed by atoms with Crippen molar-refractivity contribution >= 4 is 5.97 Å². The molecule has 0 saturated carbocycles. The third-order valence-electron chi connectivity index (χ3n) is 3.54. The highest BCUT2D eigenvalue weighted by Gasteiger charge is 2.13. The number of furan rings is 1. The van der Waals surface area contributed by atoms with E-state index in [0.717, 1.165) is 5.56 Å². The second-order valence-electron chi connectivity index (χ2n) is 4.97. The number of nitrogens with one attached hydrogen (secondary N) is 1. The summed E-state index contributed by atoms with van der Waals surface area (Å²) < 4.78 is 20.6. The highest BCUT2D eigenvalue weighted by molar-refractivity contribution is 5.86. The third-order valence-corrected chi connectivity index (χ3v) is 3.54. The van der Waals surface area contributed by atoms with E-state index in [0.29, 0.717) is 23.8 Å². The molecule has 2 aromatic rings. The first-order valence-electron chi connectivity index (χ1n) is 7.21. The van der Waals surface area contributed by atoms with Gasteiger partial charge in [-0.25, -0.2) is 4.79 Å². The second kappa shape index (κ2) is 7.69. The molecule has 0 aliphatic carbocycles. The van der Waals surface area contributed by atoms with Crippen LogP contribution in [0.25, 0.3) is 0 Å². The Morgan fingerprint density at radius 1 is 1.13 bits per heavy atom. The fraction of sp³-hybridized carbons (Fsp3) is 0.353. The van der Waals surface area contributed by atoms with Gasteiger partial charge in [0.25, 0.3) is 0 Å². The van der Waals surface area contributed by atoms with E-state index in [4.69, 9.17) is 13.9 Å². The quantitative estimate of drug-likeness (QED) is 0.791. The Morgan fingerprint density at radius 2 is 1.87 bits per heavy atom. The highest BCUT2D eigenvalue weighted by Crippen LogP contribution is 2.29. The van der Waals surface area contributed by atoms with E-state index in [1.807, 2.05) is 25.1 Å². The van der Waals surface area contributed by atoms with Gasteiger partial charge in [-0.1, -0.05) is 6.07 Å². The number of ether oxygens (including phenoxy) is 3. The summed E-state index contributed by atoms with van der Waals surface area (Å²) in [5.41, 5.74) is 1.06. The molecule has 0 radical (unpaired) electrons. The van der Waals surface area contributed by atoms with Gasteiger partial charge in [0.1, 0.15) is 5.76 Å². The monoisotopic (exact) mass is 319 g/mol. The first-order valence-corrected chi connectivity index (χ1v) is 7.21. The molecule has 0 aliphatic rings. The molecule has 6 nitrogen and oxygen atoms in total. The highest BCUT2D eigenvalue weighted by atomic mass is 16.5. The first kappa shape index (κ1) is 16.9. The Hall–Kier alpha value is -2.47. The molecule has 0 fully saturated rings. The predicted molar refractivity (Wildman–Crippen MR) is 84.8 cm³/mol. The smallest absolute Gasteiger partial charge is 0.373 e.